The molecule has 1 atom stereocenters. The van der Waals surface area contributed by atoms with E-state index in [-0.39, 0.29) is 6.10 Å². The van der Waals surface area contributed by atoms with Crippen LogP contribution in [-0.2, 0) is 0 Å². The Morgan fingerprint density at radius 1 is 1.46 bits per heavy atom. The summed E-state index contributed by atoms with van der Waals surface area (Å²) in [4.78, 5) is 0. The molecule has 0 bridgehead atoms. The van der Waals surface area contributed by atoms with E-state index in [2.05, 4.69) is 22.9 Å². The molecule has 0 aliphatic carbocycles. The highest BCUT2D eigenvalue weighted by molar-refractivity contribution is 9.10. The first-order chi connectivity index (χ1) is 6.24. The third-order valence-corrected chi connectivity index (χ3v) is 2.56. The summed E-state index contributed by atoms with van der Waals surface area (Å²) in [5.74, 6) is 0. The third-order valence-electron chi connectivity index (χ3n) is 2.06. The number of benzene rings is 1. The topological polar surface area (TPSA) is 20.2 Å². The van der Waals surface area contributed by atoms with Gasteiger partial charge in [0.25, 0.3) is 0 Å². The van der Waals surface area contributed by atoms with E-state index >= 15 is 0 Å². The van der Waals surface area contributed by atoms with Gasteiger partial charge in [0.05, 0.1) is 6.10 Å². The molecule has 0 spiro atoms. The number of rotatable bonds is 4. The van der Waals surface area contributed by atoms with Gasteiger partial charge >= 0.3 is 0 Å². The summed E-state index contributed by atoms with van der Waals surface area (Å²) in [5.41, 5.74) is 1.00. The fourth-order valence-electron chi connectivity index (χ4n) is 1.28. The molecule has 0 aromatic heterocycles. The maximum absolute atomic E-state index is 9.76. The summed E-state index contributed by atoms with van der Waals surface area (Å²) in [6, 6.07) is 7.86. The molecule has 0 aliphatic rings. The highest BCUT2D eigenvalue weighted by Gasteiger charge is 2.05. The molecule has 1 rings (SSSR count). The largest absolute Gasteiger partial charge is 0.388 e. The lowest BCUT2D eigenvalue weighted by atomic mass is 10.0. The molecule has 1 aromatic rings. The Kier molecular flexibility index (Phi) is 4.46. The maximum Gasteiger partial charge on any atom is 0.0790 e. The van der Waals surface area contributed by atoms with Crippen molar-refractivity contribution in [2.24, 2.45) is 0 Å². The van der Waals surface area contributed by atoms with Crippen LogP contribution < -0.4 is 0 Å². The van der Waals surface area contributed by atoms with E-state index < -0.39 is 0 Å². The van der Waals surface area contributed by atoms with E-state index in [4.69, 9.17) is 0 Å². The lowest BCUT2D eigenvalue weighted by Crippen LogP contribution is -1.96. The van der Waals surface area contributed by atoms with Crippen LogP contribution in [0.3, 0.4) is 0 Å². The van der Waals surface area contributed by atoms with Gasteiger partial charge < -0.3 is 5.11 Å². The first-order valence-corrected chi connectivity index (χ1v) is 5.47. The summed E-state index contributed by atoms with van der Waals surface area (Å²) in [6.45, 7) is 2.13. The van der Waals surface area contributed by atoms with Crippen LogP contribution in [0.2, 0.25) is 0 Å². The van der Waals surface area contributed by atoms with Gasteiger partial charge in [-0.25, -0.2) is 0 Å². The van der Waals surface area contributed by atoms with E-state index in [1.54, 1.807) is 0 Å². The van der Waals surface area contributed by atoms with Crippen molar-refractivity contribution < 1.29 is 5.11 Å². The van der Waals surface area contributed by atoms with E-state index in [9.17, 15) is 5.11 Å². The van der Waals surface area contributed by atoms with Crippen molar-refractivity contribution >= 4 is 15.9 Å². The number of aliphatic hydroxyl groups is 1. The molecule has 2 heteroatoms. The lowest BCUT2D eigenvalue weighted by Gasteiger charge is -2.10. The van der Waals surface area contributed by atoms with Crippen molar-refractivity contribution in [1.29, 1.82) is 0 Å². The van der Waals surface area contributed by atoms with Crippen LogP contribution in [0.5, 0.6) is 0 Å². The van der Waals surface area contributed by atoms with Crippen LogP contribution in [-0.4, -0.2) is 5.11 Å². The first-order valence-electron chi connectivity index (χ1n) is 4.67. The Hall–Kier alpha value is -0.340. The van der Waals surface area contributed by atoms with Crippen molar-refractivity contribution in [3.05, 3.63) is 34.3 Å². The van der Waals surface area contributed by atoms with Crippen molar-refractivity contribution in [3.8, 4) is 0 Å². The predicted molar refractivity (Wildman–Crippen MR) is 58.6 cm³/mol. The van der Waals surface area contributed by atoms with Crippen LogP contribution in [0, 0.1) is 0 Å². The number of unbranched alkanes of at least 4 members (excludes halogenated alkanes) is 1. The summed E-state index contributed by atoms with van der Waals surface area (Å²) in [5, 5.41) is 9.76. The van der Waals surface area contributed by atoms with Crippen LogP contribution in [0.1, 0.15) is 37.9 Å². The minimum absolute atomic E-state index is 0.308. The van der Waals surface area contributed by atoms with Gasteiger partial charge in [0.1, 0.15) is 0 Å². The summed E-state index contributed by atoms with van der Waals surface area (Å²) in [6.07, 6.45) is 2.75. The Morgan fingerprint density at radius 2 is 2.23 bits per heavy atom. The molecule has 13 heavy (non-hydrogen) atoms. The van der Waals surface area contributed by atoms with Crippen molar-refractivity contribution in [2.45, 2.75) is 32.3 Å². The molecule has 1 N–H and O–H groups in total. The molecule has 0 heterocycles. The normalized spacial score (nSPS) is 12.8. The molecule has 0 fully saturated rings. The molecule has 0 amide bonds. The zero-order chi connectivity index (χ0) is 9.68. The summed E-state index contributed by atoms with van der Waals surface area (Å²) in [7, 11) is 0. The molecule has 1 nitrogen and oxygen atoms in total. The monoisotopic (exact) mass is 242 g/mol. The molecule has 0 unspecified atom stereocenters. The lowest BCUT2D eigenvalue weighted by molar-refractivity contribution is 0.164. The van der Waals surface area contributed by atoms with Crippen LogP contribution in [0.4, 0.5) is 0 Å². The van der Waals surface area contributed by atoms with Crippen molar-refractivity contribution in [2.75, 3.05) is 0 Å². The second kappa shape index (κ2) is 5.40. The van der Waals surface area contributed by atoms with Crippen molar-refractivity contribution in [1.82, 2.24) is 0 Å². The van der Waals surface area contributed by atoms with Crippen LogP contribution in [0.25, 0.3) is 0 Å². The fourth-order valence-corrected chi connectivity index (χ4v) is 1.69. The number of hydrogen-bond donors (Lipinski definition) is 1. The minimum atomic E-state index is -0.308. The Bertz CT molecular complexity index is 260. The van der Waals surface area contributed by atoms with Crippen molar-refractivity contribution in [3.63, 3.8) is 0 Å². The summed E-state index contributed by atoms with van der Waals surface area (Å²) >= 11 is 3.39. The van der Waals surface area contributed by atoms with Gasteiger partial charge in [-0.2, -0.15) is 0 Å². The molecule has 0 radical (unpaired) electrons. The third kappa shape index (κ3) is 3.49. The Balaban J connectivity index is 2.60. The number of halogens is 1. The van der Waals surface area contributed by atoms with Gasteiger partial charge in [0.2, 0.25) is 0 Å². The highest BCUT2D eigenvalue weighted by Crippen LogP contribution is 2.21. The van der Waals surface area contributed by atoms with E-state index in [1.807, 2.05) is 24.3 Å². The fraction of sp³-hybridized carbons (Fsp3) is 0.455. The molecule has 0 aliphatic heterocycles. The average Bonchev–Trinajstić information content (AvgIpc) is 2.14. The van der Waals surface area contributed by atoms with Gasteiger partial charge in [-0.3, -0.25) is 0 Å². The molecule has 0 saturated carbocycles. The maximum atomic E-state index is 9.76. The highest BCUT2D eigenvalue weighted by atomic mass is 79.9. The van der Waals surface area contributed by atoms with Crippen LogP contribution in [0.15, 0.2) is 28.7 Å². The molecular formula is C11H15BrO. The standard InChI is InChI=1S/C11H15BrO/c1-2-3-7-11(13)9-5-4-6-10(12)8-9/h4-6,8,11,13H,2-3,7H2,1H3/t11-/m1/s1. The number of hydrogen-bond acceptors (Lipinski definition) is 1. The molecular weight excluding hydrogens is 228 g/mol. The molecule has 72 valence electrons. The second-order valence-electron chi connectivity index (χ2n) is 3.21. The van der Waals surface area contributed by atoms with E-state index in [0.717, 1.165) is 29.3 Å². The second-order valence-corrected chi connectivity index (χ2v) is 4.13. The van der Waals surface area contributed by atoms with Gasteiger partial charge in [-0.1, -0.05) is 47.8 Å². The average molecular weight is 243 g/mol. The SMILES string of the molecule is CCCC[C@@H](O)c1cccc(Br)c1. The first kappa shape index (κ1) is 10.7. The predicted octanol–water partition coefficient (Wildman–Crippen LogP) is 3.67. The van der Waals surface area contributed by atoms with Gasteiger partial charge in [-0.05, 0) is 24.1 Å². The molecule has 1 aromatic carbocycles. The zero-order valence-electron chi connectivity index (χ0n) is 7.83. The van der Waals surface area contributed by atoms with E-state index in [0.29, 0.717) is 0 Å². The van der Waals surface area contributed by atoms with Gasteiger partial charge in [0.15, 0.2) is 0 Å². The Labute approximate surface area is 87.9 Å². The minimum Gasteiger partial charge on any atom is -0.388 e. The zero-order valence-corrected chi connectivity index (χ0v) is 9.42. The van der Waals surface area contributed by atoms with E-state index in [1.165, 1.54) is 0 Å². The summed E-state index contributed by atoms with van der Waals surface area (Å²) < 4.78 is 1.03. The molecule has 0 saturated heterocycles. The van der Waals surface area contributed by atoms with Gasteiger partial charge in [-0.15, -0.1) is 0 Å². The quantitative estimate of drug-likeness (QED) is 0.855. The Morgan fingerprint density at radius 3 is 2.85 bits per heavy atom. The smallest absolute Gasteiger partial charge is 0.0790 e. The number of aliphatic hydroxyl groups excluding tert-OH is 1. The van der Waals surface area contributed by atoms with Gasteiger partial charge in [0, 0.05) is 4.47 Å². The van der Waals surface area contributed by atoms with Crippen LogP contribution >= 0.6 is 15.9 Å².